The van der Waals surface area contributed by atoms with Gasteiger partial charge in [0.2, 0.25) is 0 Å². The van der Waals surface area contributed by atoms with Crippen LogP contribution in [0.25, 0.3) is 0 Å². The third-order valence-corrected chi connectivity index (χ3v) is 4.26. The van der Waals surface area contributed by atoms with Crippen molar-refractivity contribution in [1.82, 2.24) is 0 Å². The average molecular weight is 389 g/mol. The van der Waals surface area contributed by atoms with Crippen LogP contribution >= 0.6 is 0 Å². The third kappa shape index (κ3) is 2.40. The Labute approximate surface area is 148 Å². The number of hydrogen-bond acceptors (Lipinski definition) is 5. The van der Waals surface area contributed by atoms with E-state index in [1.165, 1.54) is 31.3 Å². The minimum absolute atomic E-state index is 0.108. The summed E-state index contributed by atoms with van der Waals surface area (Å²) in [7, 11) is 1.28. The van der Waals surface area contributed by atoms with Gasteiger partial charge in [-0.05, 0) is 18.2 Å². The maximum atomic E-state index is 13.8. The molecule has 0 radical (unpaired) electrons. The summed E-state index contributed by atoms with van der Waals surface area (Å²) in [5.41, 5.74) is -7.13. The Morgan fingerprint density at radius 3 is 2.19 bits per heavy atom. The van der Waals surface area contributed by atoms with Crippen LogP contribution in [0, 0.1) is 11.3 Å². The normalized spacial score (nSPS) is 22.3. The van der Waals surface area contributed by atoms with E-state index < -0.39 is 40.8 Å². The van der Waals surface area contributed by atoms with Gasteiger partial charge in [0.15, 0.2) is 0 Å². The van der Waals surface area contributed by atoms with E-state index >= 15 is 0 Å². The Bertz CT molecular complexity index is 941. The molecular formula is C16H9F6N3O2. The fraction of sp³-hybridized carbons (Fsp3) is 0.250. The molecule has 2 aliphatic heterocycles. The molecule has 142 valence electrons. The summed E-state index contributed by atoms with van der Waals surface area (Å²) in [5, 5.41) is 19.7. The first-order valence-corrected chi connectivity index (χ1v) is 7.26. The van der Waals surface area contributed by atoms with Crippen molar-refractivity contribution in [3.8, 4) is 6.07 Å². The number of para-hydroxylation sites is 2. The molecule has 11 heteroatoms. The summed E-state index contributed by atoms with van der Waals surface area (Å²) < 4.78 is 80.3. The number of rotatable bonds is 1. The van der Waals surface area contributed by atoms with Gasteiger partial charge in [-0.15, -0.1) is 0 Å². The van der Waals surface area contributed by atoms with Crippen LogP contribution in [0.2, 0.25) is 0 Å². The fourth-order valence-corrected chi connectivity index (χ4v) is 3.11. The monoisotopic (exact) mass is 389 g/mol. The molecule has 0 aromatic heterocycles. The zero-order valence-electron chi connectivity index (χ0n) is 13.4. The summed E-state index contributed by atoms with van der Waals surface area (Å²) in [6.07, 6.45) is -11.2. The van der Waals surface area contributed by atoms with Gasteiger partial charge in [-0.2, -0.15) is 31.6 Å². The predicted octanol–water partition coefficient (Wildman–Crippen LogP) is 3.00. The molecule has 27 heavy (non-hydrogen) atoms. The average Bonchev–Trinajstić information content (AvgIpc) is 2.87. The third-order valence-electron chi connectivity index (χ3n) is 4.26. The van der Waals surface area contributed by atoms with Gasteiger partial charge < -0.3 is 10.0 Å². The Hall–Kier alpha value is -3.00. The zero-order valence-corrected chi connectivity index (χ0v) is 13.4. The molecule has 3 rings (SSSR count). The van der Waals surface area contributed by atoms with E-state index in [9.17, 15) is 41.5 Å². The van der Waals surface area contributed by atoms with Crippen molar-refractivity contribution in [3.63, 3.8) is 0 Å². The SMILES string of the molecule is CN1C2=C(C#N)C=C(C(=O)C(F)(F)F)C(O)(C(F)(F)F)N2c2ccccc21. The van der Waals surface area contributed by atoms with E-state index in [2.05, 4.69) is 0 Å². The lowest BCUT2D eigenvalue weighted by Gasteiger charge is -2.43. The first-order chi connectivity index (χ1) is 12.4. The second-order valence-corrected chi connectivity index (χ2v) is 5.79. The van der Waals surface area contributed by atoms with Crippen LogP contribution in [0.15, 0.2) is 47.3 Å². The smallest absolute Gasteiger partial charge is 0.359 e. The molecule has 1 unspecified atom stereocenters. The molecule has 0 amide bonds. The highest BCUT2D eigenvalue weighted by molar-refractivity contribution is 6.04. The second-order valence-electron chi connectivity index (χ2n) is 5.79. The number of aliphatic hydroxyl groups is 1. The largest absolute Gasteiger partial charge is 0.454 e. The molecule has 5 nitrogen and oxygen atoms in total. The summed E-state index contributed by atoms with van der Waals surface area (Å²) in [4.78, 5) is 13.0. The zero-order chi connectivity index (χ0) is 20.4. The number of benzene rings is 1. The number of hydrogen-bond donors (Lipinski definition) is 1. The first-order valence-electron chi connectivity index (χ1n) is 7.26. The Morgan fingerprint density at radius 2 is 1.70 bits per heavy atom. The van der Waals surface area contributed by atoms with E-state index in [1.54, 1.807) is 0 Å². The molecule has 2 aliphatic rings. The van der Waals surface area contributed by atoms with E-state index in [0.717, 1.165) is 11.0 Å². The number of fused-ring (bicyclic) bond motifs is 3. The number of Topliss-reactive ketones (excluding diaryl/α,β-unsaturated/α-hetero) is 1. The number of carbonyl (C=O) groups is 1. The highest BCUT2D eigenvalue weighted by Gasteiger charge is 2.68. The highest BCUT2D eigenvalue weighted by atomic mass is 19.4. The minimum atomic E-state index is -5.69. The van der Waals surface area contributed by atoms with Crippen molar-refractivity contribution in [3.05, 3.63) is 47.3 Å². The number of allylic oxidation sites excluding steroid dienone is 2. The standard InChI is InChI=1S/C16H9F6N3O2/c1-24-10-4-2-3-5-11(10)25-13(24)8(7-23)6-9(12(26)15(17,18)19)14(25,27)16(20,21)22/h2-6,27H,1H3. The number of nitriles is 1. The number of anilines is 2. The van der Waals surface area contributed by atoms with E-state index in [-0.39, 0.29) is 22.4 Å². The predicted molar refractivity (Wildman–Crippen MR) is 80.1 cm³/mol. The molecule has 1 atom stereocenters. The van der Waals surface area contributed by atoms with Gasteiger partial charge in [-0.1, -0.05) is 12.1 Å². The van der Waals surface area contributed by atoms with Crippen LogP contribution in [-0.4, -0.2) is 36.0 Å². The van der Waals surface area contributed by atoms with Gasteiger partial charge in [0.25, 0.3) is 11.5 Å². The summed E-state index contributed by atoms with van der Waals surface area (Å²) >= 11 is 0. The van der Waals surface area contributed by atoms with Crippen LogP contribution in [0.5, 0.6) is 0 Å². The second kappa shape index (κ2) is 5.50. The molecule has 0 bridgehead atoms. The summed E-state index contributed by atoms with van der Waals surface area (Å²) in [5.74, 6) is -3.38. The lowest BCUT2D eigenvalue weighted by molar-refractivity contribution is -0.244. The number of alkyl halides is 6. The van der Waals surface area contributed by atoms with E-state index in [0.29, 0.717) is 0 Å². The van der Waals surface area contributed by atoms with Crippen LogP contribution in [0.3, 0.4) is 0 Å². The van der Waals surface area contributed by atoms with Gasteiger partial charge in [0.05, 0.1) is 22.5 Å². The molecule has 1 aromatic rings. The van der Waals surface area contributed by atoms with Crippen molar-refractivity contribution in [2.24, 2.45) is 0 Å². The van der Waals surface area contributed by atoms with Gasteiger partial charge in [0, 0.05) is 7.05 Å². The van der Waals surface area contributed by atoms with Crippen molar-refractivity contribution in [2.45, 2.75) is 18.1 Å². The molecule has 0 spiro atoms. The van der Waals surface area contributed by atoms with E-state index in [1.807, 2.05) is 0 Å². The van der Waals surface area contributed by atoms with Gasteiger partial charge >= 0.3 is 12.4 Å². The molecule has 0 aliphatic carbocycles. The van der Waals surface area contributed by atoms with Gasteiger partial charge in [0.1, 0.15) is 11.9 Å². The number of halogens is 6. The maximum Gasteiger partial charge on any atom is 0.454 e. The van der Waals surface area contributed by atoms with Crippen LogP contribution in [0.4, 0.5) is 37.7 Å². The summed E-state index contributed by atoms with van der Waals surface area (Å²) in [6.45, 7) is 0. The van der Waals surface area contributed by atoms with Crippen molar-refractivity contribution < 1.29 is 36.2 Å². The maximum absolute atomic E-state index is 13.8. The molecule has 2 heterocycles. The fourth-order valence-electron chi connectivity index (χ4n) is 3.11. The van der Waals surface area contributed by atoms with Crippen molar-refractivity contribution in [2.75, 3.05) is 16.8 Å². The first kappa shape index (κ1) is 18.8. The molecule has 1 N–H and O–H groups in total. The van der Waals surface area contributed by atoms with Crippen molar-refractivity contribution in [1.29, 1.82) is 5.26 Å². The molecule has 0 saturated heterocycles. The number of nitrogens with zero attached hydrogens (tertiary/aromatic N) is 3. The topological polar surface area (TPSA) is 67.6 Å². The Balaban J connectivity index is 2.40. The van der Waals surface area contributed by atoms with E-state index in [4.69, 9.17) is 0 Å². The number of ketones is 1. The molecular weight excluding hydrogens is 380 g/mol. The highest BCUT2D eigenvalue weighted by Crippen LogP contribution is 2.54. The minimum Gasteiger partial charge on any atom is -0.359 e. The lowest BCUT2D eigenvalue weighted by atomic mass is 9.90. The molecule has 0 fully saturated rings. The number of carbonyl (C=O) groups excluding carboxylic acids is 1. The molecule has 0 saturated carbocycles. The van der Waals surface area contributed by atoms with Crippen molar-refractivity contribution >= 4 is 17.2 Å². The van der Waals surface area contributed by atoms with Gasteiger partial charge in [-0.25, -0.2) is 0 Å². The lowest BCUT2D eigenvalue weighted by Crippen LogP contribution is -2.63. The van der Waals surface area contributed by atoms with Gasteiger partial charge in [-0.3, -0.25) is 9.69 Å². The quantitative estimate of drug-likeness (QED) is 0.748. The summed E-state index contributed by atoms with van der Waals surface area (Å²) in [6, 6.07) is 6.75. The Morgan fingerprint density at radius 1 is 1.15 bits per heavy atom. The Kier molecular flexibility index (Phi) is 3.82. The van der Waals surface area contributed by atoms with Crippen LogP contribution in [0.1, 0.15) is 0 Å². The molecule has 1 aromatic carbocycles. The van der Waals surface area contributed by atoms with Crippen LogP contribution < -0.4 is 9.80 Å². The van der Waals surface area contributed by atoms with Crippen LogP contribution in [-0.2, 0) is 4.79 Å².